The molecule has 0 amide bonds. The van der Waals surface area contributed by atoms with Crippen molar-refractivity contribution in [3.8, 4) is 0 Å². The molecule has 0 aliphatic heterocycles. The zero-order chi connectivity index (χ0) is 12.1. The van der Waals surface area contributed by atoms with E-state index in [1.54, 1.807) is 11.8 Å². The van der Waals surface area contributed by atoms with Crippen LogP contribution in [0.2, 0.25) is 5.02 Å². The summed E-state index contributed by atoms with van der Waals surface area (Å²) in [6, 6.07) is 11.9. The van der Waals surface area contributed by atoms with Gasteiger partial charge in [0.1, 0.15) is 0 Å². The molecule has 1 aromatic heterocycles. The van der Waals surface area contributed by atoms with Gasteiger partial charge in [0.25, 0.3) is 0 Å². The Morgan fingerprint density at radius 1 is 1.12 bits per heavy atom. The molecule has 2 nitrogen and oxygen atoms in total. The standard InChI is InChI=1S/C13H13ClN2S/c14-11-3-1-10(2-4-11)9-17-13-6-5-12(7-15)16-8-13/h1-6,8H,7,9,15H2. The van der Waals surface area contributed by atoms with E-state index in [1.807, 2.05) is 36.5 Å². The van der Waals surface area contributed by atoms with E-state index in [0.29, 0.717) is 6.54 Å². The molecule has 0 bridgehead atoms. The lowest BCUT2D eigenvalue weighted by Crippen LogP contribution is -1.98. The first kappa shape index (κ1) is 12.4. The molecule has 17 heavy (non-hydrogen) atoms. The lowest BCUT2D eigenvalue weighted by Gasteiger charge is -2.03. The van der Waals surface area contributed by atoms with Crippen LogP contribution < -0.4 is 5.73 Å². The van der Waals surface area contributed by atoms with Crippen LogP contribution in [0.25, 0.3) is 0 Å². The van der Waals surface area contributed by atoms with Gasteiger partial charge in [-0.1, -0.05) is 23.7 Å². The molecule has 1 aromatic carbocycles. The third kappa shape index (κ3) is 3.73. The fourth-order valence-corrected chi connectivity index (χ4v) is 2.31. The van der Waals surface area contributed by atoms with E-state index in [-0.39, 0.29) is 0 Å². The molecule has 0 atom stereocenters. The van der Waals surface area contributed by atoms with Crippen LogP contribution in [0.4, 0.5) is 0 Å². The van der Waals surface area contributed by atoms with Gasteiger partial charge in [0.15, 0.2) is 0 Å². The molecule has 4 heteroatoms. The van der Waals surface area contributed by atoms with E-state index in [4.69, 9.17) is 17.3 Å². The van der Waals surface area contributed by atoms with Crippen LogP contribution in [0, 0.1) is 0 Å². The Morgan fingerprint density at radius 2 is 1.88 bits per heavy atom. The van der Waals surface area contributed by atoms with Crippen molar-refractivity contribution in [2.45, 2.75) is 17.2 Å². The SMILES string of the molecule is NCc1ccc(SCc2ccc(Cl)cc2)cn1. The molecule has 0 aliphatic carbocycles. The quantitative estimate of drug-likeness (QED) is 0.860. The molecular formula is C13H13ClN2S. The third-order valence-corrected chi connectivity index (χ3v) is 3.63. The lowest BCUT2D eigenvalue weighted by molar-refractivity contribution is 0.977. The normalized spacial score (nSPS) is 10.5. The minimum Gasteiger partial charge on any atom is -0.325 e. The Kier molecular flexibility index (Phi) is 4.42. The van der Waals surface area contributed by atoms with E-state index in [2.05, 4.69) is 11.1 Å². The third-order valence-electron chi connectivity index (χ3n) is 2.33. The van der Waals surface area contributed by atoms with Gasteiger partial charge in [-0.15, -0.1) is 11.8 Å². The summed E-state index contributed by atoms with van der Waals surface area (Å²) in [7, 11) is 0. The first-order valence-corrected chi connectivity index (χ1v) is 6.66. The van der Waals surface area contributed by atoms with Crippen LogP contribution in [0.15, 0.2) is 47.5 Å². The average molecular weight is 265 g/mol. The Labute approximate surface area is 110 Å². The van der Waals surface area contributed by atoms with Crippen molar-refractivity contribution in [2.24, 2.45) is 5.73 Å². The summed E-state index contributed by atoms with van der Waals surface area (Å²) in [6.07, 6.45) is 1.86. The topological polar surface area (TPSA) is 38.9 Å². The van der Waals surface area contributed by atoms with Crippen LogP contribution >= 0.6 is 23.4 Å². The molecule has 0 saturated carbocycles. The Hall–Kier alpha value is -1.03. The number of thioether (sulfide) groups is 1. The van der Waals surface area contributed by atoms with Gasteiger partial charge < -0.3 is 5.73 Å². The van der Waals surface area contributed by atoms with E-state index in [1.165, 1.54) is 5.56 Å². The van der Waals surface area contributed by atoms with Crippen molar-refractivity contribution in [3.05, 3.63) is 58.9 Å². The second kappa shape index (κ2) is 6.05. The maximum Gasteiger partial charge on any atom is 0.0540 e. The highest BCUT2D eigenvalue weighted by molar-refractivity contribution is 7.98. The molecule has 0 saturated heterocycles. The Bertz CT molecular complexity index is 468. The highest BCUT2D eigenvalue weighted by atomic mass is 35.5. The number of nitrogens with zero attached hydrogens (tertiary/aromatic N) is 1. The summed E-state index contributed by atoms with van der Waals surface area (Å²) in [5, 5.41) is 0.771. The molecule has 2 N–H and O–H groups in total. The molecule has 0 radical (unpaired) electrons. The Balaban J connectivity index is 1.95. The number of halogens is 1. The lowest BCUT2D eigenvalue weighted by atomic mass is 10.2. The first-order valence-electron chi connectivity index (χ1n) is 5.30. The number of nitrogens with two attached hydrogens (primary N) is 1. The average Bonchev–Trinajstić information content (AvgIpc) is 2.39. The summed E-state index contributed by atoms with van der Waals surface area (Å²) in [4.78, 5) is 5.41. The zero-order valence-corrected chi connectivity index (χ0v) is 10.8. The monoisotopic (exact) mass is 264 g/mol. The molecule has 88 valence electrons. The van der Waals surface area contributed by atoms with E-state index in [9.17, 15) is 0 Å². The van der Waals surface area contributed by atoms with Crippen molar-refractivity contribution in [1.29, 1.82) is 0 Å². The number of pyridine rings is 1. The zero-order valence-electron chi connectivity index (χ0n) is 9.27. The van der Waals surface area contributed by atoms with E-state index in [0.717, 1.165) is 21.4 Å². The number of benzene rings is 1. The molecule has 0 spiro atoms. The minimum absolute atomic E-state index is 0.488. The maximum absolute atomic E-state index is 5.83. The van der Waals surface area contributed by atoms with Gasteiger partial charge in [0, 0.05) is 28.4 Å². The van der Waals surface area contributed by atoms with Crippen LogP contribution in [-0.4, -0.2) is 4.98 Å². The second-order valence-electron chi connectivity index (χ2n) is 3.60. The van der Waals surface area contributed by atoms with E-state index >= 15 is 0 Å². The van der Waals surface area contributed by atoms with E-state index < -0.39 is 0 Å². The summed E-state index contributed by atoms with van der Waals surface area (Å²) in [6.45, 7) is 0.488. The van der Waals surface area contributed by atoms with Gasteiger partial charge in [-0.05, 0) is 29.8 Å². The molecule has 0 unspecified atom stereocenters. The number of hydrogen-bond acceptors (Lipinski definition) is 3. The molecule has 0 aliphatic rings. The summed E-state index contributed by atoms with van der Waals surface area (Å²) in [5.74, 6) is 0.917. The predicted molar refractivity (Wildman–Crippen MR) is 73.1 cm³/mol. The van der Waals surface area contributed by atoms with Crippen LogP contribution in [0.3, 0.4) is 0 Å². The van der Waals surface area contributed by atoms with Crippen LogP contribution in [0.1, 0.15) is 11.3 Å². The molecule has 2 rings (SSSR count). The summed E-state index contributed by atoms with van der Waals surface area (Å²) >= 11 is 7.59. The molecular weight excluding hydrogens is 252 g/mol. The molecule has 2 aromatic rings. The Morgan fingerprint density at radius 3 is 2.47 bits per heavy atom. The summed E-state index contributed by atoms with van der Waals surface area (Å²) < 4.78 is 0. The molecule has 0 fully saturated rings. The van der Waals surface area contributed by atoms with Gasteiger partial charge in [0.2, 0.25) is 0 Å². The fourth-order valence-electron chi connectivity index (χ4n) is 1.36. The smallest absolute Gasteiger partial charge is 0.0540 e. The minimum atomic E-state index is 0.488. The molecule has 1 heterocycles. The van der Waals surface area contributed by atoms with Crippen molar-refractivity contribution in [3.63, 3.8) is 0 Å². The second-order valence-corrected chi connectivity index (χ2v) is 5.09. The van der Waals surface area contributed by atoms with Crippen molar-refractivity contribution >= 4 is 23.4 Å². The van der Waals surface area contributed by atoms with Crippen molar-refractivity contribution in [1.82, 2.24) is 4.98 Å². The van der Waals surface area contributed by atoms with Crippen molar-refractivity contribution < 1.29 is 0 Å². The summed E-state index contributed by atoms with van der Waals surface area (Å²) in [5.41, 5.74) is 7.67. The predicted octanol–water partition coefficient (Wildman–Crippen LogP) is 3.49. The van der Waals surface area contributed by atoms with Gasteiger partial charge in [-0.3, -0.25) is 4.98 Å². The van der Waals surface area contributed by atoms with Gasteiger partial charge in [-0.2, -0.15) is 0 Å². The fraction of sp³-hybridized carbons (Fsp3) is 0.154. The van der Waals surface area contributed by atoms with Crippen LogP contribution in [0.5, 0.6) is 0 Å². The highest BCUT2D eigenvalue weighted by Crippen LogP contribution is 2.22. The maximum atomic E-state index is 5.83. The number of hydrogen-bond donors (Lipinski definition) is 1. The number of aromatic nitrogens is 1. The highest BCUT2D eigenvalue weighted by Gasteiger charge is 1.98. The first-order chi connectivity index (χ1) is 8.28. The number of rotatable bonds is 4. The van der Waals surface area contributed by atoms with Gasteiger partial charge >= 0.3 is 0 Å². The van der Waals surface area contributed by atoms with Gasteiger partial charge in [-0.25, -0.2) is 0 Å². The van der Waals surface area contributed by atoms with Crippen molar-refractivity contribution in [2.75, 3.05) is 0 Å². The largest absolute Gasteiger partial charge is 0.325 e. The van der Waals surface area contributed by atoms with Crippen LogP contribution in [-0.2, 0) is 12.3 Å². The van der Waals surface area contributed by atoms with Gasteiger partial charge in [0.05, 0.1) is 5.69 Å².